The number of nitrogens with zero attached hydrogens (tertiary/aromatic N) is 3. The lowest BCUT2D eigenvalue weighted by Gasteiger charge is -2.32. The van der Waals surface area contributed by atoms with E-state index in [1.165, 1.54) is 6.20 Å². The van der Waals surface area contributed by atoms with E-state index in [1.54, 1.807) is 40.8 Å². The molecule has 0 aliphatic carbocycles. The minimum atomic E-state index is -0.535. The first-order chi connectivity index (χ1) is 11.0. The van der Waals surface area contributed by atoms with Crippen LogP contribution in [0.3, 0.4) is 0 Å². The Morgan fingerprint density at radius 3 is 2.74 bits per heavy atom. The first kappa shape index (κ1) is 15.6. The number of hydrogen-bond acceptors (Lipinski definition) is 4. The van der Waals surface area contributed by atoms with Crippen molar-refractivity contribution in [1.29, 1.82) is 0 Å². The Balaban J connectivity index is 2.02. The van der Waals surface area contributed by atoms with Crippen LogP contribution in [-0.2, 0) is 4.74 Å². The Kier molecular flexibility index (Phi) is 4.09. The zero-order valence-corrected chi connectivity index (χ0v) is 13.6. The molecule has 3 rings (SSSR count). The number of amides is 1. The molecule has 1 aliphatic heterocycles. The molecule has 2 aromatic rings. The molecule has 0 radical (unpaired) electrons. The molecule has 2 heterocycles. The Morgan fingerprint density at radius 1 is 1.39 bits per heavy atom. The van der Waals surface area contributed by atoms with E-state index >= 15 is 0 Å². The molecular formula is C16H16ClN3O3. The number of aromatic nitrogens is 2. The number of carbonyl (C=O) groups excluding carboxylic acids is 2. The lowest BCUT2D eigenvalue weighted by Crippen LogP contribution is -2.43. The second-order valence-electron chi connectivity index (χ2n) is 5.31. The van der Waals surface area contributed by atoms with Gasteiger partial charge in [-0.15, -0.1) is 0 Å². The maximum atomic E-state index is 12.9. The minimum absolute atomic E-state index is 0.0541. The third kappa shape index (κ3) is 2.70. The van der Waals surface area contributed by atoms with Gasteiger partial charge < -0.3 is 9.64 Å². The van der Waals surface area contributed by atoms with Crippen LogP contribution in [0.15, 0.2) is 30.5 Å². The highest BCUT2D eigenvalue weighted by Crippen LogP contribution is 2.28. The predicted molar refractivity (Wildman–Crippen MR) is 86.0 cm³/mol. The van der Waals surface area contributed by atoms with E-state index in [4.69, 9.17) is 16.3 Å². The number of benzene rings is 1. The number of anilines is 1. The standard InChI is InChI=1S/C16H16ClN3O3/c1-3-23-16(22)13-8-18-20-10(2)9-19(15(21)14(13)20)12-6-4-11(17)5-7-12/h4-8,10H,3,9H2,1-2H3/t10-/m0/s1. The summed E-state index contributed by atoms with van der Waals surface area (Å²) in [6.07, 6.45) is 1.40. The smallest absolute Gasteiger partial charge is 0.342 e. The third-order valence-corrected chi connectivity index (χ3v) is 3.99. The summed E-state index contributed by atoms with van der Waals surface area (Å²) >= 11 is 5.90. The molecule has 0 saturated heterocycles. The molecule has 6 nitrogen and oxygen atoms in total. The van der Waals surface area contributed by atoms with Crippen molar-refractivity contribution in [2.24, 2.45) is 0 Å². The fourth-order valence-electron chi connectivity index (χ4n) is 2.66. The SMILES string of the molecule is CCOC(=O)c1cnn2c1C(=O)N(c1ccc(Cl)cc1)C[C@@H]2C. The molecule has 23 heavy (non-hydrogen) atoms. The lowest BCUT2D eigenvalue weighted by molar-refractivity contribution is 0.0522. The van der Waals surface area contributed by atoms with Crippen LogP contribution in [0.5, 0.6) is 0 Å². The van der Waals surface area contributed by atoms with Gasteiger partial charge in [0.1, 0.15) is 11.3 Å². The van der Waals surface area contributed by atoms with Crippen molar-refractivity contribution in [2.75, 3.05) is 18.1 Å². The van der Waals surface area contributed by atoms with Gasteiger partial charge in [-0.25, -0.2) is 4.79 Å². The molecule has 1 amide bonds. The van der Waals surface area contributed by atoms with Crippen molar-refractivity contribution >= 4 is 29.2 Å². The third-order valence-electron chi connectivity index (χ3n) is 3.74. The Labute approximate surface area is 138 Å². The molecule has 0 spiro atoms. The molecule has 7 heteroatoms. The molecule has 0 bridgehead atoms. The average molecular weight is 334 g/mol. The van der Waals surface area contributed by atoms with Gasteiger partial charge in [0.2, 0.25) is 0 Å². The maximum Gasteiger partial charge on any atom is 0.342 e. The number of ether oxygens (including phenoxy) is 1. The Bertz CT molecular complexity index is 754. The number of carbonyl (C=O) groups is 2. The molecule has 120 valence electrons. The van der Waals surface area contributed by atoms with Gasteiger partial charge in [0.15, 0.2) is 0 Å². The molecule has 0 fully saturated rings. The fourth-order valence-corrected chi connectivity index (χ4v) is 2.79. The monoisotopic (exact) mass is 333 g/mol. The largest absolute Gasteiger partial charge is 0.462 e. The summed E-state index contributed by atoms with van der Waals surface area (Å²) in [7, 11) is 0. The van der Waals surface area contributed by atoms with Crippen LogP contribution < -0.4 is 4.90 Å². The lowest BCUT2D eigenvalue weighted by atomic mass is 10.1. The quantitative estimate of drug-likeness (QED) is 0.810. The Hall–Kier alpha value is -2.34. The van der Waals surface area contributed by atoms with E-state index < -0.39 is 5.97 Å². The van der Waals surface area contributed by atoms with E-state index in [2.05, 4.69) is 5.10 Å². The summed E-state index contributed by atoms with van der Waals surface area (Å²) < 4.78 is 6.60. The van der Waals surface area contributed by atoms with Crippen molar-refractivity contribution in [3.63, 3.8) is 0 Å². The molecule has 1 aromatic carbocycles. The molecule has 0 unspecified atom stereocenters. The highest BCUT2D eigenvalue weighted by Gasteiger charge is 2.35. The zero-order chi connectivity index (χ0) is 16.6. The highest BCUT2D eigenvalue weighted by molar-refractivity contribution is 6.30. The fraction of sp³-hybridized carbons (Fsp3) is 0.312. The van der Waals surface area contributed by atoms with Crippen molar-refractivity contribution in [1.82, 2.24) is 9.78 Å². The number of esters is 1. The molecular weight excluding hydrogens is 318 g/mol. The molecule has 1 aromatic heterocycles. The Morgan fingerprint density at radius 2 is 2.09 bits per heavy atom. The van der Waals surface area contributed by atoms with E-state index in [0.29, 0.717) is 11.6 Å². The van der Waals surface area contributed by atoms with Crippen molar-refractivity contribution in [3.8, 4) is 0 Å². The molecule has 1 atom stereocenters. The molecule has 0 saturated carbocycles. The van der Waals surface area contributed by atoms with Crippen molar-refractivity contribution in [3.05, 3.63) is 46.7 Å². The van der Waals surface area contributed by atoms with Gasteiger partial charge in [0, 0.05) is 17.3 Å². The average Bonchev–Trinajstić information content (AvgIpc) is 2.98. The van der Waals surface area contributed by atoms with Crippen LogP contribution in [0.2, 0.25) is 5.02 Å². The van der Waals surface area contributed by atoms with E-state index in [1.807, 2.05) is 6.92 Å². The van der Waals surface area contributed by atoms with Gasteiger partial charge >= 0.3 is 5.97 Å². The van der Waals surface area contributed by atoms with Crippen LogP contribution in [0.1, 0.15) is 40.7 Å². The van der Waals surface area contributed by atoms with Crippen LogP contribution in [0.25, 0.3) is 0 Å². The van der Waals surface area contributed by atoms with Gasteiger partial charge in [-0.1, -0.05) is 11.6 Å². The predicted octanol–water partition coefficient (Wildman–Crippen LogP) is 2.93. The van der Waals surface area contributed by atoms with Crippen LogP contribution in [-0.4, -0.2) is 34.8 Å². The van der Waals surface area contributed by atoms with Crippen LogP contribution in [0.4, 0.5) is 5.69 Å². The normalized spacial score (nSPS) is 17.1. The van der Waals surface area contributed by atoms with Crippen LogP contribution >= 0.6 is 11.6 Å². The second-order valence-corrected chi connectivity index (χ2v) is 5.75. The van der Waals surface area contributed by atoms with E-state index in [0.717, 1.165) is 5.69 Å². The van der Waals surface area contributed by atoms with E-state index in [9.17, 15) is 9.59 Å². The first-order valence-electron chi connectivity index (χ1n) is 7.35. The summed E-state index contributed by atoms with van der Waals surface area (Å²) in [5.41, 5.74) is 1.19. The summed E-state index contributed by atoms with van der Waals surface area (Å²) in [4.78, 5) is 26.5. The number of rotatable bonds is 3. The topological polar surface area (TPSA) is 64.4 Å². The van der Waals surface area contributed by atoms with Gasteiger partial charge in [0.25, 0.3) is 5.91 Å². The van der Waals surface area contributed by atoms with E-state index in [-0.39, 0.29) is 29.8 Å². The maximum absolute atomic E-state index is 12.9. The summed E-state index contributed by atoms with van der Waals surface area (Å²) in [5.74, 6) is -0.807. The number of hydrogen-bond donors (Lipinski definition) is 0. The summed E-state index contributed by atoms with van der Waals surface area (Å²) in [5, 5.41) is 4.78. The van der Waals surface area contributed by atoms with Gasteiger partial charge in [-0.05, 0) is 38.1 Å². The van der Waals surface area contributed by atoms with Crippen molar-refractivity contribution < 1.29 is 14.3 Å². The summed E-state index contributed by atoms with van der Waals surface area (Å²) in [6.45, 7) is 4.38. The highest BCUT2D eigenvalue weighted by atomic mass is 35.5. The zero-order valence-electron chi connectivity index (χ0n) is 12.8. The number of fused-ring (bicyclic) bond motifs is 1. The van der Waals surface area contributed by atoms with Gasteiger partial charge in [-0.3, -0.25) is 9.48 Å². The van der Waals surface area contributed by atoms with Crippen molar-refractivity contribution in [2.45, 2.75) is 19.9 Å². The number of halogens is 1. The summed E-state index contributed by atoms with van der Waals surface area (Å²) in [6, 6.07) is 6.97. The minimum Gasteiger partial charge on any atom is -0.462 e. The molecule has 0 N–H and O–H groups in total. The molecule has 1 aliphatic rings. The van der Waals surface area contributed by atoms with Gasteiger partial charge in [-0.2, -0.15) is 5.10 Å². The van der Waals surface area contributed by atoms with Crippen LogP contribution in [0, 0.1) is 0 Å². The first-order valence-corrected chi connectivity index (χ1v) is 7.72. The second kappa shape index (κ2) is 6.04. The van der Waals surface area contributed by atoms with Gasteiger partial charge in [0.05, 0.1) is 18.8 Å².